The monoisotopic (exact) mass is 639 g/mol. The summed E-state index contributed by atoms with van der Waals surface area (Å²) in [6.45, 7) is 9.11. The van der Waals surface area contributed by atoms with Crippen molar-refractivity contribution in [2.75, 3.05) is 0 Å². The van der Waals surface area contributed by atoms with E-state index in [9.17, 15) is 36.2 Å². The number of alkyl halides is 6. The van der Waals surface area contributed by atoms with E-state index in [1.807, 2.05) is 32.0 Å². The van der Waals surface area contributed by atoms with Gasteiger partial charge in [0, 0.05) is 34.8 Å². The minimum absolute atomic E-state index is 0.0399. The first-order valence-corrected chi connectivity index (χ1v) is 12.7. The summed E-state index contributed by atoms with van der Waals surface area (Å²) >= 11 is 6.54. The SMILES string of the molecule is CCCC(C)C(=O)c1c(Cl)c(C)nc2ccc(-c3cnc(C(C)(C)O)nc3)cc12.O=C(O)C(F)(F)F.O=C(O)C(F)(F)F. The Labute approximate surface area is 246 Å². The number of nitrogens with zero attached hydrogens (tertiary/aromatic N) is 3. The van der Waals surface area contributed by atoms with E-state index in [1.165, 1.54) is 0 Å². The number of hydrogen-bond donors (Lipinski definition) is 3. The van der Waals surface area contributed by atoms with Gasteiger partial charge in [0.1, 0.15) is 5.60 Å². The second-order valence-electron chi connectivity index (χ2n) is 9.63. The molecule has 2 aromatic heterocycles. The van der Waals surface area contributed by atoms with Gasteiger partial charge in [0.25, 0.3) is 0 Å². The number of halogens is 7. The van der Waals surface area contributed by atoms with Gasteiger partial charge >= 0.3 is 24.3 Å². The smallest absolute Gasteiger partial charge is 0.475 e. The van der Waals surface area contributed by atoms with Crippen molar-refractivity contribution in [1.82, 2.24) is 15.0 Å². The summed E-state index contributed by atoms with van der Waals surface area (Å²) in [5.74, 6) is -5.23. The van der Waals surface area contributed by atoms with Gasteiger partial charge in [-0.1, -0.05) is 37.9 Å². The molecule has 0 saturated heterocycles. The summed E-state index contributed by atoms with van der Waals surface area (Å²) < 4.78 is 63.5. The largest absolute Gasteiger partial charge is 0.490 e. The molecule has 1 aromatic carbocycles. The Kier molecular flexibility index (Phi) is 12.6. The number of carboxylic acids is 2. The number of rotatable bonds is 6. The molecule has 0 radical (unpaired) electrons. The van der Waals surface area contributed by atoms with E-state index in [1.54, 1.807) is 26.2 Å². The Morgan fingerprint density at radius 3 is 1.79 bits per heavy atom. The highest BCUT2D eigenvalue weighted by Gasteiger charge is 2.38. The molecule has 9 nitrogen and oxygen atoms in total. The first-order chi connectivity index (χ1) is 19.5. The van der Waals surface area contributed by atoms with Crippen molar-refractivity contribution in [3.05, 3.63) is 52.7 Å². The Hall–Kier alpha value is -3.85. The molecule has 0 fully saturated rings. The van der Waals surface area contributed by atoms with E-state index < -0.39 is 29.9 Å². The maximum atomic E-state index is 13.2. The molecule has 3 N–H and O–H groups in total. The Bertz CT molecular complexity index is 1430. The Morgan fingerprint density at radius 1 is 0.930 bits per heavy atom. The lowest BCUT2D eigenvalue weighted by Gasteiger charge is -2.16. The van der Waals surface area contributed by atoms with Crippen LogP contribution in [0.2, 0.25) is 5.02 Å². The second kappa shape index (κ2) is 14.6. The van der Waals surface area contributed by atoms with Crippen LogP contribution in [-0.2, 0) is 15.2 Å². The molecular formula is C27H28ClF6N3O6. The summed E-state index contributed by atoms with van der Waals surface area (Å²) in [5, 5.41) is 25.5. The van der Waals surface area contributed by atoms with Crippen LogP contribution in [0.1, 0.15) is 62.4 Å². The predicted molar refractivity (Wildman–Crippen MR) is 144 cm³/mol. The number of carbonyl (C=O) groups excluding carboxylic acids is 1. The molecule has 3 aromatic rings. The number of Topliss-reactive ketones (excluding diaryl/α,β-unsaturated/α-hetero) is 1. The molecule has 1 unspecified atom stereocenters. The zero-order valence-corrected chi connectivity index (χ0v) is 24.2. The fourth-order valence-corrected chi connectivity index (χ4v) is 3.62. The van der Waals surface area contributed by atoms with E-state index in [-0.39, 0.29) is 11.7 Å². The molecule has 0 spiro atoms. The topological polar surface area (TPSA) is 151 Å². The second-order valence-corrected chi connectivity index (χ2v) is 10.0. The zero-order valence-electron chi connectivity index (χ0n) is 23.4. The zero-order chi connectivity index (χ0) is 33.5. The first kappa shape index (κ1) is 37.2. The van der Waals surface area contributed by atoms with Gasteiger partial charge in [0.2, 0.25) is 0 Å². The fraction of sp³-hybridized carbons (Fsp3) is 0.407. The van der Waals surface area contributed by atoms with Crippen molar-refractivity contribution in [3.8, 4) is 11.1 Å². The average molecular weight is 640 g/mol. The van der Waals surface area contributed by atoms with Gasteiger partial charge in [-0.25, -0.2) is 19.6 Å². The molecule has 43 heavy (non-hydrogen) atoms. The van der Waals surface area contributed by atoms with Crippen molar-refractivity contribution in [2.45, 2.75) is 65.4 Å². The van der Waals surface area contributed by atoms with Gasteiger partial charge in [-0.3, -0.25) is 9.78 Å². The number of aliphatic carboxylic acids is 2. The van der Waals surface area contributed by atoms with Crippen LogP contribution >= 0.6 is 11.6 Å². The molecule has 0 aliphatic heterocycles. The van der Waals surface area contributed by atoms with Gasteiger partial charge in [0.15, 0.2) is 11.6 Å². The summed E-state index contributed by atoms with van der Waals surface area (Å²) in [7, 11) is 0. The lowest BCUT2D eigenvalue weighted by Crippen LogP contribution is -2.21. The van der Waals surface area contributed by atoms with Gasteiger partial charge in [0.05, 0.1) is 16.2 Å². The summed E-state index contributed by atoms with van der Waals surface area (Å²) in [4.78, 5) is 44.1. The highest BCUT2D eigenvalue weighted by atomic mass is 35.5. The van der Waals surface area contributed by atoms with Crippen LogP contribution in [0.5, 0.6) is 0 Å². The van der Waals surface area contributed by atoms with E-state index in [0.29, 0.717) is 22.1 Å². The standard InChI is InChI=1S/C23H26ClN3O2.2C2HF3O2/c1-6-7-13(2)21(28)19-17-10-15(8-9-18(17)27-14(3)20(19)24)16-11-25-22(26-12-16)23(4,5)29;2*3-2(4,5)1(6)7/h8-13,29H,6-7H2,1-5H3;2*(H,6,7). The van der Waals surface area contributed by atoms with Gasteiger partial charge in [-0.2, -0.15) is 26.3 Å². The summed E-state index contributed by atoms with van der Waals surface area (Å²) in [6, 6.07) is 5.73. The molecule has 3 rings (SSSR count). The quantitative estimate of drug-likeness (QED) is 0.196. The number of aromatic nitrogens is 3. The molecule has 2 heterocycles. The highest BCUT2D eigenvalue weighted by molar-refractivity contribution is 6.36. The maximum absolute atomic E-state index is 13.2. The first-order valence-electron chi connectivity index (χ1n) is 12.3. The Morgan fingerprint density at radius 2 is 1.40 bits per heavy atom. The van der Waals surface area contributed by atoms with Crippen LogP contribution < -0.4 is 0 Å². The molecule has 0 aliphatic rings. The van der Waals surface area contributed by atoms with Crippen molar-refractivity contribution < 1.29 is 56.0 Å². The number of ketones is 1. The van der Waals surface area contributed by atoms with Crippen LogP contribution in [-0.4, -0.2) is 60.3 Å². The van der Waals surface area contributed by atoms with Crippen molar-refractivity contribution >= 4 is 40.2 Å². The lowest BCUT2D eigenvalue weighted by atomic mass is 9.91. The van der Waals surface area contributed by atoms with E-state index in [4.69, 9.17) is 31.4 Å². The van der Waals surface area contributed by atoms with Gasteiger partial charge in [-0.05, 0) is 44.9 Å². The maximum Gasteiger partial charge on any atom is 0.490 e. The summed E-state index contributed by atoms with van der Waals surface area (Å²) in [5.41, 5.74) is 2.46. The van der Waals surface area contributed by atoms with E-state index in [2.05, 4.69) is 21.9 Å². The van der Waals surface area contributed by atoms with Crippen LogP contribution in [0.25, 0.3) is 22.0 Å². The molecule has 0 saturated carbocycles. The molecule has 236 valence electrons. The number of hydrogen-bond acceptors (Lipinski definition) is 7. The van der Waals surface area contributed by atoms with Crippen molar-refractivity contribution in [1.29, 1.82) is 0 Å². The van der Waals surface area contributed by atoms with E-state index in [0.717, 1.165) is 34.9 Å². The van der Waals surface area contributed by atoms with Crippen LogP contribution in [0.15, 0.2) is 30.6 Å². The van der Waals surface area contributed by atoms with Crippen LogP contribution in [0.4, 0.5) is 26.3 Å². The number of carbonyl (C=O) groups is 3. The van der Waals surface area contributed by atoms with E-state index >= 15 is 0 Å². The van der Waals surface area contributed by atoms with Crippen molar-refractivity contribution in [2.24, 2.45) is 5.92 Å². The third kappa shape index (κ3) is 10.7. The molecule has 0 amide bonds. The summed E-state index contributed by atoms with van der Waals surface area (Å²) in [6.07, 6.45) is -5.08. The third-order valence-corrected chi connectivity index (χ3v) is 5.99. The predicted octanol–water partition coefficient (Wildman–Crippen LogP) is 6.77. The number of carboxylic acid groups (broad SMARTS) is 2. The number of benzene rings is 1. The highest BCUT2D eigenvalue weighted by Crippen LogP contribution is 2.33. The van der Waals surface area contributed by atoms with Crippen molar-refractivity contribution in [3.63, 3.8) is 0 Å². The number of pyridine rings is 1. The average Bonchev–Trinajstić information content (AvgIpc) is 2.88. The normalized spacial score (nSPS) is 12.4. The molecular weight excluding hydrogens is 612 g/mol. The molecule has 16 heteroatoms. The van der Waals surface area contributed by atoms with Crippen LogP contribution in [0, 0.1) is 12.8 Å². The minimum atomic E-state index is -5.08. The van der Waals surface area contributed by atoms with Gasteiger partial charge in [-0.15, -0.1) is 0 Å². The lowest BCUT2D eigenvalue weighted by molar-refractivity contribution is -0.193. The fourth-order valence-electron chi connectivity index (χ4n) is 3.39. The third-order valence-electron chi connectivity index (χ3n) is 5.52. The molecule has 1 atom stereocenters. The number of fused-ring (bicyclic) bond motifs is 1. The number of aliphatic hydroxyl groups is 1. The molecule has 0 aliphatic carbocycles. The molecule has 0 bridgehead atoms. The van der Waals surface area contributed by atoms with Crippen LogP contribution in [0.3, 0.4) is 0 Å². The number of aryl methyl sites for hydroxylation is 1. The Balaban J connectivity index is 0.000000548. The minimum Gasteiger partial charge on any atom is -0.475 e. The van der Waals surface area contributed by atoms with Gasteiger partial charge < -0.3 is 15.3 Å².